The summed E-state index contributed by atoms with van der Waals surface area (Å²) in [5.74, 6) is 1.14. The fourth-order valence-electron chi connectivity index (χ4n) is 1.54. The third-order valence-electron chi connectivity index (χ3n) is 2.74. The second-order valence-electron chi connectivity index (χ2n) is 4.19. The Hall–Kier alpha value is -1.93. The van der Waals surface area contributed by atoms with Gasteiger partial charge in [0, 0.05) is 18.5 Å². The van der Waals surface area contributed by atoms with Crippen molar-refractivity contribution < 1.29 is 4.74 Å². The first-order valence-electron chi connectivity index (χ1n) is 6.16. The predicted molar refractivity (Wildman–Crippen MR) is 81.7 cm³/mol. The zero-order valence-corrected chi connectivity index (χ0v) is 12.5. The highest BCUT2D eigenvalue weighted by atomic mass is 32.1. The van der Waals surface area contributed by atoms with Gasteiger partial charge in [-0.25, -0.2) is 15.0 Å². The summed E-state index contributed by atoms with van der Waals surface area (Å²) in [7, 11) is 1.64. The Morgan fingerprint density at radius 3 is 2.70 bits per heavy atom. The Morgan fingerprint density at radius 1 is 1.30 bits per heavy atom. The minimum atomic E-state index is 0.467. The van der Waals surface area contributed by atoms with Crippen LogP contribution in [0.5, 0.6) is 0 Å². The van der Waals surface area contributed by atoms with Gasteiger partial charge in [-0.05, 0) is 13.8 Å². The maximum absolute atomic E-state index is 6.04. The molecule has 8 heteroatoms. The largest absolute Gasteiger partial charge is 0.393 e. The highest BCUT2D eigenvalue weighted by Gasteiger charge is 2.10. The van der Waals surface area contributed by atoms with Gasteiger partial charge in [0.05, 0.1) is 12.3 Å². The number of nitrogen functional groups attached to an aromatic ring is 1. The van der Waals surface area contributed by atoms with Gasteiger partial charge in [-0.3, -0.25) is 0 Å². The van der Waals surface area contributed by atoms with E-state index < -0.39 is 0 Å². The van der Waals surface area contributed by atoms with Crippen LogP contribution in [-0.2, 0) is 4.74 Å². The van der Waals surface area contributed by atoms with Crippen molar-refractivity contribution >= 4 is 33.8 Å². The van der Waals surface area contributed by atoms with Crippen LogP contribution >= 0.6 is 11.3 Å². The van der Waals surface area contributed by atoms with Gasteiger partial charge >= 0.3 is 0 Å². The van der Waals surface area contributed by atoms with Crippen molar-refractivity contribution in [1.29, 1.82) is 0 Å². The van der Waals surface area contributed by atoms with Gasteiger partial charge < -0.3 is 21.1 Å². The molecule has 0 atom stereocenters. The van der Waals surface area contributed by atoms with Gasteiger partial charge in [0.2, 0.25) is 0 Å². The third kappa shape index (κ3) is 3.34. The summed E-state index contributed by atoms with van der Waals surface area (Å²) >= 11 is 1.57. The molecule has 0 fully saturated rings. The molecule has 7 nitrogen and oxygen atoms in total. The Labute approximate surface area is 121 Å². The summed E-state index contributed by atoms with van der Waals surface area (Å²) in [6.07, 6.45) is 1.46. The SMILES string of the molecule is COCCNc1ncnc(Nc2nc(C)c(C)s2)c1N. The normalized spacial score (nSPS) is 10.6. The molecule has 2 rings (SSSR count). The van der Waals surface area contributed by atoms with Crippen molar-refractivity contribution in [2.24, 2.45) is 0 Å². The number of hydrogen-bond donors (Lipinski definition) is 3. The summed E-state index contributed by atoms with van der Waals surface area (Å²) in [6.45, 7) is 5.21. The number of aromatic nitrogens is 3. The van der Waals surface area contributed by atoms with E-state index in [4.69, 9.17) is 10.5 Å². The molecule has 0 amide bonds. The standard InChI is InChI=1S/C12H18N6OS/c1-7-8(2)20-12(17-7)18-11-9(13)10(15-6-16-11)14-4-5-19-3/h6H,4-5,13H2,1-3H3,(H2,14,15,16,17,18). The molecule has 2 heterocycles. The highest BCUT2D eigenvalue weighted by molar-refractivity contribution is 7.15. The van der Waals surface area contributed by atoms with E-state index in [1.807, 2.05) is 13.8 Å². The number of methoxy groups -OCH3 is 1. The average Bonchev–Trinajstić information content (AvgIpc) is 2.73. The van der Waals surface area contributed by atoms with Crippen LogP contribution in [0, 0.1) is 13.8 Å². The van der Waals surface area contributed by atoms with E-state index in [0.29, 0.717) is 30.5 Å². The van der Waals surface area contributed by atoms with E-state index in [9.17, 15) is 0 Å². The fourth-order valence-corrected chi connectivity index (χ4v) is 2.35. The maximum Gasteiger partial charge on any atom is 0.188 e. The minimum absolute atomic E-state index is 0.467. The summed E-state index contributed by atoms with van der Waals surface area (Å²) in [5.41, 5.74) is 7.51. The number of anilines is 4. The minimum Gasteiger partial charge on any atom is -0.393 e. The number of thiazole rings is 1. The van der Waals surface area contributed by atoms with Crippen LogP contribution in [-0.4, -0.2) is 35.2 Å². The molecule has 0 unspecified atom stereocenters. The first-order chi connectivity index (χ1) is 9.61. The number of hydrogen-bond acceptors (Lipinski definition) is 8. The van der Waals surface area contributed by atoms with Crippen molar-refractivity contribution in [2.45, 2.75) is 13.8 Å². The van der Waals surface area contributed by atoms with Gasteiger partial charge in [-0.2, -0.15) is 0 Å². The Morgan fingerprint density at radius 2 is 2.05 bits per heavy atom. The zero-order valence-electron chi connectivity index (χ0n) is 11.7. The average molecular weight is 294 g/mol. The van der Waals surface area contributed by atoms with E-state index in [-0.39, 0.29) is 0 Å². The summed E-state index contributed by atoms with van der Waals surface area (Å²) < 4.78 is 4.97. The summed E-state index contributed by atoms with van der Waals surface area (Å²) in [4.78, 5) is 13.8. The lowest BCUT2D eigenvalue weighted by Gasteiger charge is -2.10. The predicted octanol–water partition coefficient (Wildman–Crippen LogP) is 1.93. The van der Waals surface area contributed by atoms with Gasteiger partial charge in [0.25, 0.3) is 0 Å². The number of rotatable bonds is 6. The second kappa shape index (κ2) is 6.49. The number of nitrogens with two attached hydrogens (primary N) is 1. The first kappa shape index (κ1) is 14.5. The molecule has 0 aliphatic heterocycles. The monoisotopic (exact) mass is 294 g/mol. The van der Waals surface area contributed by atoms with Crippen molar-refractivity contribution in [1.82, 2.24) is 15.0 Å². The van der Waals surface area contributed by atoms with Gasteiger partial charge in [0.1, 0.15) is 12.0 Å². The van der Waals surface area contributed by atoms with E-state index in [2.05, 4.69) is 25.6 Å². The zero-order chi connectivity index (χ0) is 14.5. The van der Waals surface area contributed by atoms with Crippen LogP contribution in [0.2, 0.25) is 0 Å². The molecular weight excluding hydrogens is 276 g/mol. The van der Waals surface area contributed by atoms with E-state index in [1.54, 1.807) is 18.4 Å². The molecule has 20 heavy (non-hydrogen) atoms. The van der Waals surface area contributed by atoms with Crippen LogP contribution in [0.3, 0.4) is 0 Å². The fraction of sp³-hybridized carbons (Fsp3) is 0.417. The molecule has 108 valence electrons. The molecule has 0 saturated heterocycles. The van der Waals surface area contributed by atoms with Crippen LogP contribution < -0.4 is 16.4 Å². The summed E-state index contributed by atoms with van der Waals surface area (Å²) in [5, 5.41) is 6.99. The molecule has 0 spiro atoms. The lowest BCUT2D eigenvalue weighted by molar-refractivity contribution is 0.210. The molecule has 0 aromatic carbocycles. The molecule has 0 radical (unpaired) electrons. The summed E-state index contributed by atoms with van der Waals surface area (Å²) in [6, 6.07) is 0. The lowest BCUT2D eigenvalue weighted by Crippen LogP contribution is -2.12. The van der Waals surface area contributed by atoms with Crippen molar-refractivity contribution in [3.63, 3.8) is 0 Å². The maximum atomic E-state index is 6.04. The van der Waals surface area contributed by atoms with Crippen molar-refractivity contribution in [3.8, 4) is 0 Å². The van der Waals surface area contributed by atoms with Gasteiger partial charge in [0.15, 0.2) is 16.8 Å². The molecule has 2 aromatic heterocycles. The topological polar surface area (TPSA) is 98.0 Å². The molecule has 0 aliphatic rings. The van der Waals surface area contributed by atoms with Crippen LogP contribution in [0.1, 0.15) is 10.6 Å². The Balaban J connectivity index is 2.13. The molecule has 0 saturated carbocycles. The van der Waals surface area contributed by atoms with Crippen molar-refractivity contribution in [3.05, 3.63) is 16.9 Å². The third-order valence-corrected chi connectivity index (χ3v) is 3.72. The van der Waals surface area contributed by atoms with E-state index in [0.717, 1.165) is 10.8 Å². The smallest absolute Gasteiger partial charge is 0.188 e. The molecule has 0 aliphatic carbocycles. The first-order valence-corrected chi connectivity index (χ1v) is 6.97. The number of nitrogens with one attached hydrogen (secondary N) is 2. The van der Waals surface area contributed by atoms with Crippen LogP contribution in [0.15, 0.2) is 6.33 Å². The highest BCUT2D eigenvalue weighted by Crippen LogP contribution is 2.28. The molecule has 4 N–H and O–H groups in total. The number of ether oxygens (including phenoxy) is 1. The number of aryl methyl sites for hydroxylation is 2. The quantitative estimate of drug-likeness (QED) is 0.700. The van der Waals surface area contributed by atoms with Gasteiger partial charge in [-0.15, -0.1) is 11.3 Å². The van der Waals surface area contributed by atoms with E-state index >= 15 is 0 Å². The van der Waals surface area contributed by atoms with E-state index in [1.165, 1.54) is 11.2 Å². The molecular formula is C12H18N6OS. The van der Waals surface area contributed by atoms with Crippen LogP contribution in [0.25, 0.3) is 0 Å². The molecule has 2 aromatic rings. The van der Waals surface area contributed by atoms with Crippen molar-refractivity contribution in [2.75, 3.05) is 36.6 Å². The Kier molecular flexibility index (Phi) is 4.70. The number of nitrogens with zero attached hydrogens (tertiary/aromatic N) is 3. The van der Waals surface area contributed by atoms with Crippen LogP contribution in [0.4, 0.5) is 22.5 Å². The second-order valence-corrected chi connectivity index (χ2v) is 5.39. The Bertz CT molecular complexity index is 566. The lowest BCUT2D eigenvalue weighted by atomic mass is 10.4. The molecule has 0 bridgehead atoms. The van der Waals surface area contributed by atoms with Gasteiger partial charge in [-0.1, -0.05) is 0 Å².